The van der Waals surface area contributed by atoms with Gasteiger partial charge in [0.05, 0.1) is 5.56 Å². The number of methoxy groups -OCH3 is 1. The van der Waals surface area contributed by atoms with Crippen LogP contribution in [0.4, 0.5) is 0 Å². The molecular formula is C15H21ClO4SY-2. The standard InChI is InChI=1S/C11H13ClO2S.C3H8O.CHO.Y/c1-11(2,3)14-10(13)7-4-5-9(15)8(12)6-7;1-3-4-2;1-2;/h4-6,15H,1-3H3;3H2,1-2H3;1H;/q;;-1;/p-1. The molecule has 1 radical (unpaired) electrons. The maximum absolute atomic E-state index is 11.6. The first-order valence-corrected chi connectivity index (χ1v) is 6.92. The molecule has 22 heavy (non-hydrogen) atoms. The first-order valence-electron chi connectivity index (χ1n) is 6.13. The number of carbonyl (C=O) groups is 1. The summed E-state index contributed by atoms with van der Waals surface area (Å²) in [6.45, 7) is 11.5. The zero-order chi connectivity index (χ0) is 17.1. The maximum Gasteiger partial charge on any atom is 0.338 e. The van der Waals surface area contributed by atoms with Gasteiger partial charge < -0.3 is 26.9 Å². The van der Waals surface area contributed by atoms with Crippen LogP contribution in [0.5, 0.6) is 0 Å². The molecule has 0 N–H and O–H groups in total. The van der Waals surface area contributed by atoms with Gasteiger partial charge in [0.25, 0.3) is 0 Å². The van der Waals surface area contributed by atoms with Gasteiger partial charge in [-0.25, -0.2) is 4.79 Å². The molecule has 0 aromatic heterocycles. The summed E-state index contributed by atoms with van der Waals surface area (Å²) in [5, 5.41) is 0.397. The Morgan fingerprint density at radius 3 is 2.09 bits per heavy atom. The van der Waals surface area contributed by atoms with E-state index in [0.717, 1.165) is 6.61 Å². The van der Waals surface area contributed by atoms with Gasteiger partial charge in [-0.05, 0) is 39.8 Å². The van der Waals surface area contributed by atoms with E-state index in [1.165, 1.54) is 6.07 Å². The van der Waals surface area contributed by atoms with Crippen molar-refractivity contribution >= 4 is 37.0 Å². The number of carbonyl (C=O) groups excluding carboxylic acids is 2. The van der Waals surface area contributed by atoms with Crippen molar-refractivity contribution in [3.05, 3.63) is 28.8 Å². The van der Waals surface area contributed by atoms with Crippen LogP contribution >= 0.6 is 11.6 Å². The molecule has 1 aromatic rings. The number of ether oxygens (including phenoxy) is 2. The number of benzene rings is 1. The van der Waals surface area contributed by atoms with Crippen molar-refractivity contribution in [2.45, 2.75) is 38.2 Å². The Bertz CT molecular complexity index is 434. The van der Waals surface area contributed by atoms with Gasteiger partial charge in [-0.2, -0.15) is 4.90 Å². The van der Waals surface area contributed by atoms with Crippen molar-refractivity contribution in [1.82, 2.24) is 0 Å². The second kappa shape index (κ2) is 14.5. The van der Waals surface area contributed by atoms with Crippen LogP contribution in [0.15, 0.2) is 23.1 Å². The molecule has 123 valence electrons. The van der Waals surface area contributed by atoms with E-state index in [1.807, 2.05) is 27.7 Å². The van der Waals surface area contributed by atoms with E-state index in [-0.39, 0.29) is 38.7 Å². The van der Waals surface area contributed by atoms with E-state index in [2.05, 4.69) is 11.5 Å². The largest absolute Gasteiger partial charge is 0.778 e. The SMILES string of the molecule is CC(C)(C)OC(=O)c1ccc([S-])c(Cl)c1.CCOC.[CH-]=O.[Y]. The normalized spacial score (nSPS) is 9.18. The molecule has 0 bridgehead atoms. The Morgan fingerprint density at radius 1 is 1.32 bits per heavy atom. The molecule has 0 saturated carbocycles. The third-order valence-electron chi connectivity index (χ3n) is 1.86. The van der Waals surface area contributed by atoms with Crippen molar-refractivity contribution in [2.24, 2.45) is 0 Å². The van der Waals surface area contributed by atoms with E-state index in [9.17, 15) is 4.79 Å². The average molecular weight is 422 g/mol. The third-order valence-corrected chi connectivity index (χ3v) is 2.64. The second-order valence-electron chi connectivity index (χ2n) is 4.72. The number of hydrogen-bond acceptors (Lipinski definition) is 5. The molecule has 0 aliphatic rings. The zero-order valence-electron chi connectivity index (χ0n) is 13.5. The van der Waals surface area contributed by atoms with E-state index < -0.39 is 5.60 Å². The van der Waals surface area contributed by atoms with E-state index in [1.54, 1.807) is 19.2 Å². The number of hydrogen-bond donors (Lipinski definition) is 0. The minimum atomic E-state index is -0.504. The molecule has 0 spiro atoms. The van der Waals surface area contributed by atoms with Gasteiger partial charge in [-0.1, -0.05) is 17.7 Å². The summed E-state index contributed by atoms with van der Waals surface area (Å²) < 4.78 is 9.73. The molecule has 0 unspecified atom stereocenters. The minimum absolute atomic E-state index is 0. The summed E-state index contributed by atoms with van der Waals surface area (Å²) >= 11 is 10.7. The second-order valence-corrected chi connectivity index (χ2v) is 5.57. The van der Waals surface area contributed by atoms with Crippen LogP contribution in [-0.2, 0) is 59.6 Å². The van der Waals surface area contributed by atoms with Gasteiger partial charge in [0.1, 0.15) is 5.60 Å². The van der Waals surface area contributed by atoms with E-state index >= 15 is 0 Å². The van der Waals surface area contributed by atoms with Gasteiger partial charge in [0.15, 0.2) is 0 Å². The van der Waals surface area contributed by atoms with Gasteiger partial charge in [0, 0.05) is 51.4 Å². The molecular weight excluding hydrogens is 401 g/mol. The van der Waals surface area contributed by atoms with Gasteiger partial charge in [0.2, 0.25) is 0 Å². The first kappa shape index (κ1) is 26.8. The van der Waals surface area contributed by atoms with Crippen molar-refractivity contribution in [3.8, 4) is 0 Å². The molecule has 0 amide bonds. The topological polar surface area (TPSA) is 52.6 Å². The van der Waals surface area contributed by atoms with Crippen LogP contribution in [0, 0.1) is 0 Å². The number of rotatable bonds is 2. The van der Waals surface area contributed by atoms with Crippen LogP contribution < -0.4 is 0 Å². The maximum atomic E-state index is 11.6. The first-order chi connectivity index (χ1) is 9.71. The Hall–Kier alpha value is -0.0661. The predicted molar refractivity (Wildman–Crippen MR) is 86.6 cm³/mol. The average Bonchev–Trinajstić information content (AvgIpc) is 2.42. The van der Waals surface area contributed by atoms with Crippen LogP contribution in [-0.4, -0.2) is 32.1 Å². The van der Waals surface area contributed by atoms with E-state index in [4.69, 9.17) is 33.8 Å². The minimum Gasteiger partial charge on any atom is -0.778 e. The van der Waals surface area contributed by atoms with Gasteiger partial charge in [-0.3, -0.25) is 6.79 Å². The Kier molecular flexibility index (Phi) is 17.7. The quantitative estimate of drug-likeness (QED) is 0.316. The molecule has 4 nitrogen and oxygen atoms in total. The van der Waals surface area contributed by atoms with Gasteiger partial charge in [-0.15, -0.1) is 0 Å². The number of esters is 1. The number of halogens is 1. The van der Waals surface area contributed by atoms with Crippen molar-refractivity contribution in [1.29, 1.82) is 0 Å². The van der Waals surface area contributed by atoms with Crippen molar-refractivity contribution in [2.75, 3.05) is 13.7 Å². The van der Waals surface area contributed by atoms with Crippen molar-refractivity contribution in [3.63, 3.8) is 0 Å². The summed E-state index contributed by atoms with van der Waals surface area (Å²) in [6, 6.07) is 4.76. The summed E-state index contributed by atoms with van der Waals surface area (Å²) in [4.78, 5) is 19.9. The van der Waals surface area contributed by atoms with Crippen LogP contribution in [0.2, 0.25) is 5.02 Å². The fourth-order valence-electron chi connectivity index (χ4n) is 0.965. The zero-order valence-corrected chi connectivity index (χ0v) is 17.9. The summed E-state index contributed by atoms with van der Waals surface area (Å²) in [5.41, 5.74) is -0.0838. The summed E-state index contributed by atoms with van der Waals surface area (Å²) in [6.07, 6.45) is 0. The van der Waals surface area contributed by atoms with Crippen LogP contribution in [0.3, 0.4) is 0 Å². The summed E-state index contributed by atoms with van der Waals surface area (Å²) in [7, 11) is 1.68. The summed E-state index contributed by atoms with van der Waals surface area (Å²) in [5.74, 6) is -0.389. The Morgan fingerprint density at radius 2 is 1.77 bits per heavy atom. The molecule has 1 aromatic carbocycles. The fourth-order valence-corrected chi connectivity index (χ4v) is 1.27. The monoisotopic (exact) mass is 421 g/mol. The Balaban J connectivity index is -0.000000448. The molecule has 0 fully saturated rings. The van der Waals surface area contributed by atoms with Crippen molar-refractivity contribution < 1.29 is 51.8 Å². The predicted octanol–water partition coefficient (Wildman–Crippen LogP) is 3.58. The third kappa shape index (κ3) is 13.6. The Labute approximate surface area is 168 Å². The molecule has 0 saturated heterocycles. The molecule has 0 aliphatic heterocycles. The fraction of sp³-hybridized carbons (Fsp3) is 0.467. The molecule has 0 heterocycles. The molecule has 0 aliphatic carbocycles. The van der Waals surface area contributed by atoms with Gasteiger partial charge >= 0.3 is 5.97 Å². The molecule has 7 heteroatoms. The smallest absolute Gasteiger partial charge is 0.338 e. The molecule has 1 rings (SSSR count). The molecule has 0 atom stereocenters. The van der Waals surface area contributed by atoms with Crippen LogP contribution in [0.1, 0.15) is 38.1 Å². The van der Waals surface area contributed by atoms with Crippen LogP contribution in [0.25, 0.3) is 0 Å². The van der Waals surface area contributed by atoms with E-state index in [0.29, 0.717) is 15.5 Å².